The molecule has 1 aliphatic rings. The number of aromatic nitrogens is 2. The fraction of sp³-hybridized carbons (Fsp3) is 0.385. The van der Waals surface area contributed by atoms with Crippen molar-refractivity contribution in [2.24, 2.45) is 0 Å². The predicted octanol–water partition coefficient (Wildman–Crippen LogP) is 2.09. The van der Waals surface area contributed by atoms with Gasteiger partial charge >= 0.3 is 5.97 Å². The maximum absolute atomic E-state index is 11.0. The zero-order valence-corrected chi connectivity index (χ0v) is 11.9. The maximum Gasteiger partial charge on any atom is 0.335 e. The summed E-state index contributed by atoms with van der Waals surface area (Å²) in [5.74, 6) is 0.0350. The van der Waals surface area contributed by atoms with Gasteiger partial charge in [-0.15, -0.1) is 0 Å². The van der Waals surface area contributed by atoms with Gasteiger partial charge in [0.15, 0.2) is 0 Å². The summed E-state index contributed by atoms with van der Waals surface area (Å²) < 4.78 is 2.65. The second-order valence-electron chi connectivity index (χ2n) is 4.79. The van der Waals surface area contributed by atoms with Gasteiger partial charge in [-0.2, -0.15) is 0 Å². The van der Waals surface area contributed by atoms with Gasteiger partial charge in [0, 0.05) is 18.7 Å². The van der Waals surface area contributed by atoms with Gasteiger partial charge in [0.2, 0.25) is 0 Å². The molecule has 2 aromatic heterocycles. The standard InChI is InChI=1S/C13H14BrN3O2/c14-12-10-6-8(13(18)19)3-5-17(10)11(16-12)7-9-2-1-4-15-9/h3,5-6,9,15H,1-2,4,7H2,(H,18,19). The second kappa shape index (κ2) is 4.94. The molecule has 1 aliphatic heterocycles. The van der Waals surface area contributed by atoms with E-state index in [4.69, 9.17) is 5.11 Å². The number of hydrogen-bond donors (Lipinski definition) is 2. The van der Waals surface area contributed by atoms with Crippen LogP contribution in [0.1, 0.15) is 29.0 Å². The van der Waals surface area contributed by atoms with Crippen LogP contribution in [0.3, 0.4) is 0 Å². The minimum atomic E-state index is -0.922. The van der Waals surface area contributed by atoms with E-state index in [1.807, 2.05) is 4.40 Å². The van der Waals surface area contributed by atoms with E-state index in [-0.39, 0.29) is 5.56 Å². The van der Waals surface area contributed by atoms with Crippen LogP contribution in [0.4, 0.5) is 0 Å². The molecule has 1 unspecified atom stereocenters. The maximum atomic E-state index is 11.0. The van der Waals surface area contributed by atoms with Crippen molar-refractivity contribution < 1.29 is 9.90 Å². The van der Waals surface area contributed by atoms with Gasteiger partial charge < -0.3 is 14.8 Å². The van der Waals surface area contributed by atoms with Crippen LogP contribution in [0.5, 0.6) is 0 Å². The van der Waals surface area contributed by atoms with Gasteiger partial charge in [-0.1, -0.05) is 0 Å². The monoisotopic (exact) mass is 323 g/mol. The topological polar surface area (TPSA) is 66.6 Å². The highest BCUT2D eigenvalue weighted by molar-refractivity contribution is 9.10. The summed E-state index contributed by atoms with van der Waals surface area (Å²) in [5, 5.41) is 12.5. The third kappa shape index (κ3) is 2.37. The number of aromatic carboxylic acids is 1. The number of nitrogens with zero attached hydrogens (tertiary/aromatic N) is 2. The molecule has 0 saturated carbocycles. The largest absolute Gasteiger partial charge is 0.478 e. The van der Waals surface area contributed by atoms with Crippen molar-refractivity contribution in [3.63, 3.8) is 0 Å². The molecule has 3 heterocycles. The number of nitrogens with one attached hydrogen (secondary N) is 1. The lowest BCUT2D eigenvalue weighted by Gasteiger charge is -2.08. The summed E-state index contributed by atoms with van der Waals surface area (Å²) in [6, 6.07) is 3.72. The van der Waals surface area contributed by atoms with Crippen molar-refractivity contribution >= 4 is 27.4 Å². The lowest BCUT2D eigenvalue weighted by atomic mass is 10.1. The highest BCUT2D eigenvalue weighted by Gasteiger charge is 2.19. The van der Waals surface area contributed by atoms with Crippen molar-refractivity contribution in [1.29, 1.82) is 0 Å². The molecule has 0 radical (unpaired) electrons. The summed E-state index contributed by atoms with van der Waals surface area (Å²) in [6.45, 7) is 1.07. The molecule has 3 rings (SSSR count). The molecule has 0 spiro atoms. The first kappa shape index (κ1) is 12.6. The Hall–Kier alpha value is -1.40. The first-order valence-electron chi connectivity index (χ1n) is 6.28. The molecular weight excluding hydrogens is 310 g/mol. The van der Waals surface area contributed by atoms with Crippen molar-refractivity contribution in [2.75, 3.05) is 6.54 Å². The lowest BCUT2D eigenvalue weighted by Crippen LogP contribution is -2.24. The Labute approximate surface area is 118 Å². The third-order valence-electron chi connectivity index (χ3n) is 3.51. The number of imidazole rings is 1. The molecule has 0 aromatic carbocycles. The molecule has 2 aromatic rings. The van der Waals surface area contributed by atoms with Gasteiger partial charge in [0.1, 0.15) is 10.4 Å². The van der Waals surface area contributed by atoms with Crippen molar-refractivity contribution in [3.05, 3.63) is 34.3 Å². The van der Waals surface area contributed by atoms with Crippen LogP contribution < -0.4 is 5.32 Å². The van der Waals surface area contributed by atoms with E-state index in [1.54, 1.807) is 18.3 Å². The lowest BCUT2D eigenvalue weighted by molar-refractivity contribution is 0.0697. The van der Waals surface area contributed by atoms with Gasteiger partial charge in [-0.3, -0.25) is 0 Å². The van der Waals surface area contributed by atoms with E-state index in [0.717, 1.165) is 24.3 Å². The van der Waals surface area contributed by atoms with Gasteiger partial charge in [-0.25, -0.2) is 9.78 Å². The second-order valence-corrected chi connectivity index (χ2v) is 5.54. The van der Waals surface area contributed by atoms with Crippen molar-refractivity contribution in [2.45, 2.75) is 25.3 Å². The fourth-order valence-corrected chi connectivity index (χ4v) is 3.05. The third-order valence-corrected chi connectivity index (χ3v) is 4.09. The molecule has 1 atom stereocenters. The Balaban J connectivity index is 1.99. The van der Waals surface area contributed by atoms with E-state index in [9.17, 15) is 4.79 Å². The van der Waals surface area contributed by atoms with Crippen LogP contribution in [0, 0.1) is 0 Å². The van der Waals surface area contributed by atoms with E-state index in [0.29, 0.717) is 10.6 Å². The van der Waals surface area contributed by atoms with Crippen molar-refractivity contribution in [3.8, 4) is 0 Å². The number of halogens is 1. The van der Waals surface area contributed by atoms with Crippen LogP contribution in [-0.2, 0) is 6.42 Å². The van der Waals surface area contributed by atoms with Crippen LogP contribution in [0.15, 0.2) is 22.9 Å². The molecule has 1 fully saturated rings. The molecule has 0 aliphatic carbocycles. The Morgan fingerprint density at radius 3 is 3.16 bits per heavy atom. The number of carboxylic acids is 1. The number of rotatable bonds is 3. The number of hydrogen-bond acceptors (Lipinski definition) is 3. The first-order valence-corrected chi connectivity index (χ1v) is 7.07. The Bertz CT molecular complexity index is 632. The van der Waals surface area contributed by atoms with E-state index < -0.39 is 5.97 Å². The molecule has 1 saturated heterocycles. The number of fused-ring (bicyclic) bond motifs is 1. The zero-order chi connectivity index (χ0) is 13.4. The molecule has 100 valence electrons. The average molecular weight is 324 g/mol. The molecule has 0 amide bonds. The molecule has 19 heavy (non-hydrogen) atoms. The molecule has 0 bridgehead atoms. The average Bonchev–Trinajstić information content (AvgIpc) is 2.99. The summed E-state index contributed by atoms with van der Waals surface area (Å²) in [7, 11) is 0. The molecule has 5 nitrogen and oxygen atoms in total. The van der Waals surface area contributed by atoms with Gasteiger partial charge in [0.05, 0.1) is 11.1 Å². The molecule has 6 heteroatoms. The number of carbonyl (C=O) groups is 1. The predicted molar refractivity (Wildman–Crippen MR) is 74.6 cm³/mol. The van der Waals surface area contributed by atoms with E-state index >= 15 is 0 Å². The number of carboxylic acid groups (broad SMARTS) is 1. The van der Waals surface area contributed by atoms with E-state index in [2.05, 4.69) is 26.2 Å². The molecule has 2 N–H and O–H groups in total. The highest BCUT2D eigenvalue weighted by Crippen LogP contribution is 2.22. The normalized spacial score (nSPS) is 19.1. The number of pyridine rings is 1. The Morgan fingerprint density at radius 1 is 1.63 bits per heavy atom. The van der Waals surface area contributed by atoms with Gasteiger partial charge in [-0.05, 0) is 47.4 Å². The SMILES string of the molecule is O=C(O)c1ccn2c(CC3CCCN3)nc(Br)c2c1. The Morgan fingerprint density at radius 2 is 2.47 bits per heavy atom. The zero-order valence-electron chi connectivity index (χ0n) is 10.3. The molecular formula is C13H14BrN3O2. The highest BCUT2D eigenvalue weighted by atomic mass is 79.9. The summed E-state index contributed by atoms with van der Waals surface area (Å²) in [5.41, 5.74) is 1.08. The van der Waals surface area contributed by atoms with Crippen LogP contribution in [0.25, 0.3) is 5.52 Å². The Kier molecular flexibility index (Phi) is 3.28. The van der Waals surface area contributed by atoms with E-state index in [1.165, 1.54) is 12.8 Å². The minimum Gasteiger partial charge on any atom is -0.478 e. The quantitative estimate of drug-likeness (QED) is 0.907. The van der Waals surface area contributed by atoms with Crippen LogP contribution in [-0.4, -0.2) is 33.0 Å². The van der Waals surface area contributed by atoms with Crippen LogP contribution in [0.2, 0.25) is 0 Å². The van der Waals surface area contributed by atoms with Crippen molar-refractivity contribution in [1.82, 2.24) is 14.7 Å². The first-order chi connectivity index (χ1) is 9.15. The smallest absolute Gasteiger partial charge is 0.335 e. The summed E-state index contributed by atoms with van der Waals surface area (Å²) in [4.78, 5) is 15.5. The summed E-state index contributed by atoms with van der Waals surface area (Å²) >= 11 is 3.41. The fourth-order valence-electron chi connectivity index (χ4n) is 2.54. The summed E-state index contributed by atoms with van der Waals surface area (Å²) in [6.07, 6.45) is 5.01. The minimum absolute atomic E-state index is 0.277. The van der Waals surface area contributed by atoms with Gasteiger partial charge in [0.25, 0.3) is 0 Å². The van der Waals surface area contributed by atoms with Crippen LogP contribution >= 0.6 is 15.9 Å².